The van der Waals surface area contributed by atoms with E-state index in [1.54, 1.807) is 0 Å². The van der Waals surface area contributed by atoms with E-state index in [1.807, 2.05) is 0 Å². The maximum atomic E-state index is 13.4. The van der Waals surface area contributed by atoms with Crippen LogP contribution in [-0.4, -0.2) is 23.2 Å². The van der Waals surface area contributed by atoms with Crippen LogP contribution in [0, 0.1) is 5.82 Å². The van der Waals surface area contributed by atoms with Gasteiger partial charge in [-0.15, -0.1) is 0 Å². The Morgan fingerprint density at radius 1 is 1.37 bits per heavy atom. The molecule has 2 N–H and O–H groups in total. The van der Waals surface area contributed by atoms with Crippen LogP contribution < -0.4 is 5.32 Å². The summed E-state index contributed by atoms with van der Waals surface area (Å²) in [6.45, 7) is -0.320. The molecule has 1 aliphatic rings. The number of benzene rings is 1. The van der Waals surface area contributed by atoms with Crippen LogP contribution in [-0.2, 0) is 6.18 Å². The van der Waals surface area contributed by atoms with E-state index in [-0.39, 0.29) is 6.61 Å². The van der Waals surface area contributed by atoms with Crippen LogP contribution in [0.25, 0.3) is 0 Å². The number of aliphatic hydroxyl groups excluding tert-OH is 1. The third kappa shape index (κ3) is 2.86. The van der Waals surface area contributed by atoms with Gasteiger partial charge in [0.25, 0.3) is 5.91 Å². The lowest BCUT2D eigenvalue weighted by atomic mass is 10.1. The normalized spacial score (nSPS) is 17.1. The number of hydrogen-bond acceptors (Lipinski definition) is 2. The standard InChI is InChI=1S/C12H11F4NO2/c13-9-2-1-7(12(14,15)16)5-8(9)10(19)17-11(6-18)3-4-11/h1-2,5,18H,3-4,6H2,(H,17,19). The van der Waals surface area contributed by atoms with Gasteiger partial charge in [0.1, 0.15) is 5.82 Å². The minimum Gasteiger partial charge on any atom is -0.394 e. The number of carbonyl (C=O) groups excluding carboxylic acids is 1. The number of nitrogens with one attached hydrogen (secondary N) is 1. The van der Waals surface area contributed by atoms with Gasteiger partial charge in [0.2, 0.25) is 0 Å². The molecule has 1 aromatic carbocycles. The molecule has 2 rings (SSSR count). The Morgan fingerprint density at radius 3 is 2.47 bits per heavy atom. The van der Waals surface area contributed by atoms with Crippen LogP contribution in [0.5, 0.6) is 0 Å². The molecule has 3 nitrogen and oxygen atoms in total. The second-order valence-electron chi connectivity index (χ2n) is 4.58. The first-order valence-corrected chi connectivity index (χ1v) is 5.57. The average molecular weight is 277 g/mol. The molecule has 1 fully saturated rings. The van der Waals surface area contributed by atoms with Crippen LogP contribution in [0.15, 0.2) is 18.2 Å². The molecule has 1 saturated carbocycles. The third-order valence-electron chi connectivity index (χ3n) is 3.07. The van der Waals surface area contributed by atoms with E-state index in [0.29, 0.717) is 31.0 Å². The highest BCUT2D eigenvalue weighted by atomic mass is 19.4. The zero-order chi connectivity index (χ0) is 14.3. The fraction of sp³-hybridized carbons (Fsp3) is 0.417. The van der Waals surface area contributed by atoms with Crippen molar-refractivity contribution in [1.29, 1.82) is 0 Å². The van der Waals surface area contributed by atoms with Crippen LogP contribution in [0.4, 0.5) is 17.6 Å². The Hall–Kier alpha value is -1.63. The van der Waals surface area contributed by atoms with Crippen LogP contribution in [0.1, 0.15) is 28.8 Å². The molecule has 1 aromatic rings. The number of carbonyl (C=O) groups is 1. The van der Waals surface area contributed by atoms with E-state index in [0.717, 1.165) is 0 Å². The van der Waals surface area contributed by atoms with Crippen molar-refractivity contribution in [3.05, 3.63) is 35.1 Å². The van der Waals surface area contributed by atoms with E-state index >= 15 is 0 Å². The zero-order valence-corrected chi connectivity index (χ0v) is 9.72. The Balaban J connectivity index is 2.26. The second-order valence-corrected chi connectivity index (χ2v) is 4.58. The van der Waals surface area contributed by atoms with Gasteiger partial charge < -0.3 is 10.4 Å². The van der Waals surface area contributed by atoms with Crippen LogP contribution in [0.3, 0.4) is 0 Å². The maximum Gasteiger partial charge on any atom is 0.416 e. The lowest BCUT2D eigenvalue weighted by Crippen LogP contribution is -2.40. The van der Waals surface area contributed by atoms with Gasteiger partial charge in [-0.1, -0.05) is 0 Å². The molecule has 0 aromatic heterocycles. The third-order valence-corrected chi connectivity index (χ3v) is 3.07. The highest BCUT2D eigenvalue weighted by Crippen LogP contribution is 2.35. The quantitative estimate of drug-likeness (QED) is 0.831. The molecule has 0 spiro atoms. The lowest BCUT2D eigenvalue weighted by molar-refractivity contribution is -0.137. The highest BCUT2D eigenvalue weighted by Gasteiger charge is 2.44. The Labute approximate surface area is 106 Å². The van der Waals surface area contributed by atoms with Crippen LogP contribution in [0.2, 0.25) is 0 Å². The van der Waals surface area contributed by atoms with Gasteiger partial charge in [-0.05, 0) is 31.0 Å². The second kappa shape index (κ2) is 4.48. The number of aliphatic hydroxyl groups is 1. The topological polar surface area (TPSA) is 49.3 Å². The summed E-state index contributed by atoms with van der Waals surface area (Å²) < 4.78 is 50.9. The SMILES string of the molecule is O=C(NC1(CO)CC1)c1cc(C(F)(F)F)ccc1F. The Kier molecular flexibility index (Phi) is 3.25. The average Bonchev–Trinajstić information content (AvgIpc) is 3.08. The molecular formula is C12H11F4NO2. The summed E-state index contributed by atoms with van der Waals surface area (Å²) in [5.41, 5.74) is -2.57. The van der Waals surface area contributed by atoms with Gasteiger partial charge in [-0.2, -0.15) is 13.2 Å². The van der Waals surface area contributed by atoms with Crippen molar-refractivity contribution in [3.63, 3.8) is 0 Å². The first-order chi connectivity index (χ1) is 8.77. The monoisotopic (exact) mass is 277 g/mol. The van der Waals surface area contributed by atoms with Gasteiger partial charge in [-0.3, -0.25) is 4.79 Å². The summed E-state index contributed by atoms with van der Waals surface area (Å²) in [6, 6.07) is 1.65. The molecule has 0 radical (unpaired) electrons. The largest absolute Gasteiger partial charge is 0.416 e. The summed E-state index contributed by atoms with van der Waals surface area (Å²) in [5, 5.41) is 11.4. The van der Waals surface area contributed by atoms with E-state index in [1.165, 1.54) is 0 Å². The van der Waals surface area contributed by atoms with E-state index in [2.05, 4.69) is 5.32 Å². The molecule has 1 aliphatic carbocycles. The van der Waals surface area contributed by atoms with Crippen molar-refractivity contribution >= 4 is 5.91 Å². The number of hydrogen-bond donors (Lipinski definition) is 2. The van der Waals surface area contributed by atoms with Crippen molar-refractivity contribution in [1.82, 2.24) is 5.32 Å². The molecule has 0 saturated heterocycles. The number of halogens is 4. The predicted octanol–water partition coefficient (Wildman–Crippen LogP) is 2.10. The first kappa shape index (κ1) is 13.8. The molecular weight excluding hydrogens is 266 g/mol. The molecule has 0 bridgehead atoms. The van der Waals surface area contributed by atoms with Crippen molar-refractivity contribution in [3.8, 4) is 0 Å². The maximum absolute atomic E-state index is 13.4. The van der Waals surface area contributed by atoms with E-state index < -0.39 is 34.6 Å². The zero-order valence-electron chi connectivity index (χ0n) is 9.72. The fourth-order valence-electron chi connectivity index (χ4n) is 1.66. The number of rotatable bonds is 3. The first-order valence-electron chi connectivity index (χ1n) is 5.57. The van der Waals surface area contributed by atoms with Crippen molar-refractivity contribution in [2.45, 2.75) is 24.6 Å². The summed E-state index contributed by atoms with van der Waals surface area (Å²) in [5.74, 6) is -1.98. The molecule has 0 atom stereocenters. The summed E-state index contributed by atoms with van der Waals surface area (Å²) in [7, 11) is 0. The predicted molar refractivity (Wildman–Crippen MR) is 57.9 cm³/mol. The van der Waals surface area contributed by atoms with Crippen molar-refractivity contribution < 1.29 is 27.5 Å². The van der Waals surface area contributed by atoms with Gasteiger partial charge in [0.05, 0.1) is 23.3 Å². The molecule has 0 aliphatic heterocycles. The van der Waals surface area contributed by atoms with E-state index in [4.69, 9.17) is 5.11 Å². The Bertz CT molecular complexity index is 509. The Morgan fingerprint density at radius 2 is 2.00 bits per heavy atom. The van der Waals surface area contributed by atoms with Gasteiger partial charge in [-0.25, -0.2) is 4.39 Å². The summed E-state index contributed by atoms with van der Waals surface area (Å²) in [6.07, 6.45) is -3.59. The summed E-state index contributed by atoms with van der Waals surface area (Å²) in [4.78, 5) is 11.7. The number of amides is 1. The molecule has 104 valence electrons. The van der Waals surface area contributed by atoms with Crippen LogP contribution >= 0.6 is 0 Å². The van der Waals surface area contributed by atoms with E-state index in [9.17, 15) is 22.4 Å². The molecule has 1 amide bonds. The van der Waals surface area contributed by atoms with Gasteiger partial charge in [0.15, 0.2) is 0 Å². The van der Waals surface area contributed by atoms with Crippen molar-refractivity contribution in [2.75, 3.05) is 6.61 Å². The highest BCUT2D eigenvalue weighted by molar-refractivity contribution is 5.95. The molecule has 19 heavy (non-hydrogen) atoms. The minimum atomic E-state index is -4.64. The molecule has 0 unspecified atom stereocenters. The van der Waals surface area contributed by atoms with Gasteiger partial charge >= 0.3 is 6.18 Å². The summed E-state index contributed by atoms with van der Waals surface area (Å²) >= 11 is 0. The van der Waals surface area contributed by atoms with Crippen molar-refractivity contribution in [2.24, 2.45) is 0 Å². The number of alkyl halides is 3. The van der Waals surface area contributed by atoms with Gasteiger partial charge in [0, 0.05) is 0 Å². The smallest absolute Gasteiger partial charge is 0.394 e. The molecule has 7 heteroatoms. The lowest BCUT2D eigenvalue weighted by Gasteiger charge is -2.15. The fourth-order valence-corrected chi connectivity index (χ4v) is 1.66. The molecule has 0 heterocycles. The minimum absolute atomic E-state index is 0.320.